The Morgan fingerprint density at radius 1 is 1.29 bits per heavy atom. The number of likely N-dealkylation sites (tertiary alicyclic amines) is 1. The number of urea groups is 1. The van der Waals surface area contributed by atoms with Crippen LogP contribution in [0, 0.1) is 23.0 Å². The topological polar surface area (TPSA) is 69.0 Å². The Labute approximate surface area is 162 Å². The van der Waals surface area contributed by atoms with Gasteiger partial charge >= 0.3 is 6.03 Å². The molecule has 0 aliphatic carbocycles. The molecule has 28 heavy (non-hydrogen) atoms. The number of carbonyl (C=O) groups is 1. The lowest BCUT2D eigenvalue weighted by molar-refractivity contribution is 0.208. The molecule has 0 bridgehead atoms. The van der Waals surface area contributed by atoms with Gasteiger partial charge in [0.05, 0.1) is 11.6 Å². The van der Waals surface area contributed by atoms with Gasteiger partial charge in [-0.05, 0) is 49.6 Å². The average molecular weight is 382 g/mol. The SMILES string of the molecule is CCc1cc(NC(=O)N2CCC(=Cc3c(F)cc(C#N)cc3F)CC2)ccn1. The summed E-state index contributed by atoms with van der Waals surface area (Å²) in [5, 5.41) is 11.6. The Kier molecular flexibility index (Phi) is 5.99. The zero-order valence-corrected chi connectivity index (χ0v) is 15.5. The zero-order valence-electron chi connectivity index (χ0n) is 15.5. The van der Waals surface area contributed by atoms with E-state index in [1.807, 2.05) is 13.0 Å². The fraction of sp³-hybridized carbons (Fsp3) is 0.286. The highest BCUT2D eigenvalue weighted by molar-refractivity contribution is 5.89. The summed E-state index contributed by atoms with van der Waals surface area (Å²) in [6.45, 7) is 2.91. The molecule has 0 radical (unpaired) electrons. The largest absolute Gasteiger partial charge is 0.324 e. The number of amides is 2. The Hall–Kier alpha value is -3.27. The molecule has 0 atom stereocenters. The number of aromatic nitrogens is 1. The molecule has 1 aliphatic rings. The minimum Gasteiger partial charge on any atom is -0.324 e. The maximum absolute atomic E-state index is 14.0. The highest BCUT2D eigenvalue weighted by atomic mass is 19.1. The van der Waals surface area contributed by atoms with Crippen LogP contribution in [-0.2, 0) is 6.42 Å². The maximum atomic E-state index is 14.0. The van der Waals surface area contributed by atoms with Gasteiger partial charge in [0.1, 0.15) is 11.6 Å². The second-order valence-corrected chi connectivity index (χ2v) is 6.57. The standard InChI is InChI=1S/C21H20F2N4O/c1-2-16-12-17(3-6-25-16)26-21(28)27-7-4-14(5-8-27)9-18-19(22)10-15(13-24)11-20(18)23/h3,6,9-12H,2,4-5,7-8H2,1H3,(H,25,26,28). The van der Waals surface area contributed by atoms with Crippen LogP contribution in [0.5, 0.6) is 0 Å². The van der Waals surface area contributed by atoms with E-state index in [2.05, 4.69) is 10.3 Å². The Bertz CT molecular complexity index is 932. The van der Waals surface area contributed by atoms with Crippen molar-refractivity contribution in [3.63, 3.8) is 0 Å². The van der Waals surface area contributed by atoms with E-state index >= 15 is 0 Å². The molecule has 0 saturated carbocycles. The van der Waals surface area contributed by atoms with Gasteiger partial charge in [-0.1, -0.05) is 12.5 Å². The number of pyridine rings is 1. The number of rotatable bonds is 3. The Balaban J connectivity index is 1.63. The summed E-state index contributed by atoms with van der Waals surface area (Å²) in [5.74, 6) is -1.51. The van der Waals surface area contributed by atoms with Crippen molar-refractivity contribution in [2.45, 2.75) is 26.2 Å². The number of nitrogens with zero attached hydrogens (tertiary/aromatic N) is 3. The fourth-order valence-corrected chi connectivity index (χ4v) is 3.08. The predicted molar refractivity (Wildman–Crippen MR) is 102 cm³/mol. The van der Waals surface area contributed by atoms with Gasteiger partial charge in [0, 0.05) is 36.2 Å². The Morgan fingerprint density at radius 2 is 1.96 bits per heavy atom. The molecular formula is C21H20F2N4O. The molecule has 144 valence electrons. The van der Waals surface area contributed by atoms with Gasteiger partial charge in [0.15, 0.2) is 0 Å². The van der Waals surface area contributed by atoms with Gasteiger partial charge in [-0.2, -0.15) is 5.26 Å². The van der Waals surface area contributed by atoms with Gasteiger partial charge in [0.25, 0.3) is 0 Å². The number of hydrogen-bond donors (Lipinski definition) is 1. The number of hydrogen-bond acceptors (Lipinski definition) is 3. The highest BCUT2D eigenvalue weighted by Gasteiger charge is 2.20. The van der Waals surface area contributed by atoms with Crippen LogP contribution < -0.4 is 5.32 Å². The number of piperidine rings is 1. The molecule has 2 aromatic rings. The van der Waals surface area contributed by atoms with E-state index in [9.17, 15) is 13.6 Å². The van der Waals surface area contributed by atoms with E-state index < -0.39 is 11.6 Å². The average Bonchev–Trinajstić information content (AvgIpc) is 2.71. The lowest BCUT2D eigenvalue weighted by Crippen LogP contribution is -2.39. The van der Waals surface area contributed by atoms with Crippen LogP contribution >= 0.6 is 0 Å². The maximum Gasteiger partial charge on any atom is 0.321 e. The van der Waals surface area contributed by atoms with Crippen LogP contribution in [0.25, 0.3) is 6.08 Å². The molecule has 1 saturated heterocycles. The lowest BCUT2D eigenvalue weighted by Gasteiger charge is -2.28. The molecule has 1 aromatic heterocycles. The summed E-state index contributed by atoms with van der Waals surface area (Å²) in [7, 11) is 0. The summed E-state index contributed by atoms with van der Waals surface area (Å²) in [4.78, 5) is 18.3. The monoisotopic (exact) mass is 382 g/mol. The van der Waals surface area contributed by atoms with E-state index in [4.69, 9.17) is 5.26 Å². The molecular weight excluding hydrogens is 362 g/mol. The summed E-state index contributed by atoms with van der Waals surface area (Å²) in [5.41, 5.74) is 2.26. The van der Waals surface area contributed by atoms with E-state index in [0.29, 0.717) is 31.6 Å². The van der Waals surface area contributed by atoms with Gasteiger partial charge in [-0.25, -0.2) is 13.6 Å². The van der Waals surface area contributed by atoms with Crippen molar-refractivity contribution in [2.24, 2.45) is 0 Å². The number of anilines is 1. The van der Waals surface area contributed by atoms with Crippen molar-refractivity contribution in [1.29, 1.82) is 5.26 Å². The number of nitriles is 1. The molecule has 1 aromatic carbocycles. The second kappa shape index (κ2) is 8.61. The van der Waals surface area contributed by atoms with Crippen LogP contribution in [0.4, 0.5) is 19.3 Å². The van der Waals surface area contributed by atoms with Crippen LogP contribution in [0.2, 0.25) is 0 Å². The first-order valence-electron chi connectivity index (χ1n) is 9.09. The van der Waals surface area contributed by atoms with Gasteiger partial charge < -0.3 is 10.2 Å². The van der Waals surface area contributed by atoms with E-state index in [1.165, 1.54) is 6.08 Å². The van der Waals surface area contributed by atoms with E-state index in [0.717, 1.165) is 29.8 Å². The molecule has 3 rings (SSSR count). The van der Waals surface area contributed by atoms with Crippen molar-refractivity contribution in [3.05, 3.63) is 64.5 Å². The molecule has 1 aliphatic heterocycles. The summed E-state index contributed by atoms with van der Waals surface area (Å²) in [6.07, 6.45) is 4.99. The molecule has 0 unspecified atom stereocenters. The minimum atomic E-state index is -0.756. The van der Waals surface area contributed by atoms with E-state index in [1.54, 1.807) is 23.2 Å². The molecule has 5 nitrogen and oxygen atoms in total. The van der Waals surface area contributed by atoms with Crippen molar-refractivity contribution in [1.82, 2.24) is 9.88 Å². The third-order valence-electron chi connectivity index (χ3n) is 4.68. The first kappa shape index (κ1) is 19.5. The normalized spacial score (nSPS) is 13.8. The first-order chi connectivity index (χ1) is 13.5. The molecule has 1 N–H and O–H groups in total. The van der Waals surface area contributed by atoms with Gasteiger partial charge in [-0.3, -0.25) is 4.98 Å². The van der Waals surface area contributed by atoms with Crippen LogP contribution in [0.3, 0.4) is 0 Å². The Morgan fingerprint density at radius 3 is 2.57 bits per heavy atom. The number of carbonyl (C=O) groups excluding carboxylic acids is 1. The fourth-order valence-electron chi connectivity index (χ4n) is 3.08. The van der Waals surface area contributed by atoms with Gasteiger partial charge in [0.2, 0.25) is 0 Å². The van der Waals surface area contributed by atoms with Crippen LogP contribution in [0.1, 0.15) is 36.6 Å². The van der Waals surface area contributed by atoms with Crippen LogP contribution in [0.15, 0.2) is 36.0 Å². The summed E-state index contributed by atoms with van der Waals surface area (Å²) >= 11 is 0. The number of nitrogens with one attached hydrogen (secondary N) is 1. The minimum absolute atomic E-state index is 0.0500. The van der Waals surface area contributed by atoms with Crippen molar-refractivity contribution < 1.29 is 13.6 Å². The van der Waals surface area contributed by atoms with Crippen LogP contribution in [-0.4, -0.2) is 29.0 Å². The quantitative estimate of drug-likeness (QED) is 0.849. The summed E-state index contributed by atoms with van der Waals surface area (Å²) < 4.78 is 28.1. The summed E-state index contributed by atoms with van der Waals surface area (Å²) in [6, 6.07) is 7.15. The van der Waals surface area contributed by atoms with Crippen molar-refractivity contribution in [3.8, 4) is 6.07 Å². The third kappa shape index (κ3) is 4.52. The highest BCUT2D eigenvalue weighted by Crippen LogP contribution is 2.24. The van der Waals surface area contributed by atoms with Crippen molar-refractivity contribution in [2.75, 3.05) is 18.4 Å². The zero-order chi connectivity index (χ0) is 20.1. The molecule has 2 heterocycles. The number of benzene rings is 1. The lowest BCUT2D eigenvalue weighted by atomic mass is 10.00. The number of aryl methyl sites for hydroxylation is 1. The molecule has 7 heteroatoms. The third-order valence-corrected chi connectivity index (χ3v) is 4.68. The predicted octanol–water partition coefficient (Wildman–Crippen LogP) is 4.51. The van der Waals surface area contributed by atoms with E-state index in [-0.39, 0.29) is 17.2 Å². The smallest absolute Gasteiger partial charge is 0.321 e. The number of halogens is 2. The first-order valence-corrected chi connectivity index (χ1v) is 9.09. The second-order valence-electron chi connectivity index (χ2n) is 6.57. The molecule has 1 fully saturated rings. The van der Waals surface area contributed by atoms with Gasteiger partial charge in [-0.15, -0.1) is 0 Å². The molecule has 0 spiro atoms. The van der Waals surface area contributed by atoms with Crippen molar-refractivity contribution >= 4 is 17.8 Å². The molecule has 2 amide bonds.